The molecule has 1 aliphatic carbocycles. The number of nitrogens with zero attached hydrogens (tertiary/aromatic N) is 2. The fraction of sp³-hybridized carbons (Fsp3) is 0.533. The van der Waals surface area contributed by atoms with Gasteiger partial charge in [-0.15, -0.1) is 11.6 Å². The van der Waals surface area contributed by atoms with Crippen molar-refractivity contribution in [2.45, 2.75) is 37.8 Å². The first-order valence-electron chi connectivity index (χ1n) is 6.98. The van der Waals surface area contributed by atoms with Crippen LogP contribution in [0.2, 0.25) is 0 Å². The molecule has 1 saturated carbocycles. The summed E-state index contributed by atoms with van der Waals surface area (Å²) in [5.41, 5.74) is 2.25. The molecule has 0 radical (unpaired) electrons. The molecule has 0 spiro atoms. The number of methoxy groups -OCH3 is 1. The number of aryl methyl sites for hydroxylation is 1. The molecule has 1 aliphatic rings. The van der Waals surface area contributed by atoms with Gasteiger partial charge in [0.15, 0.2) is 0 Å². The third-order valence-electron chi connectivity index (χ3n) is 4.10. The van der Waals surface area contributed by atoms with Crippen LogP contribution in [-0.2, 0) is 11.2 Å². The summed E-state index contributed by atoms with van der Waals surface area (Å²) in [5.74, 6) is 1.69. The Kier molecular flexibility index (Phi) is 4.34. The minimum atomic E-state index is 0.372. The minimum absolute atomic E-state index is 0.372. The van der Waals surface area contributed by atoms with Crippen LogP contribution in [0, 0.1) is 0 Å². The van der Waals surface area contributed by atoms with E-state index in [0.29, 0.717) is 18.0 Å². The summed E-state index contributed by atoms with van der Waals surface area (Å²) in [6.45, 7) is 0. The molecule has 3 nitrogen and oxygen atoms in total. The zero-order chi connectivity index (χ0) is 14.1. The van der Waals surface area contributed by atoms with Crippen LogP contribution >= 0.6 is 27.5 Å². The van der Waals surface area contributed by atoms with Crippen molar-refractivity contribution in [3.63, 3.8) is 0 Å². The molecule has 1 fully saturated rings. The van der Waals surface area contributed by atoms with Crippen LogP contribution in [-0.4, -0.2) is 28.6 Å². The number of benzene rings is 1. The Morgan fingerprint density at radius 2 is 2.30 bits per heavy atom. The number of imidazole rings is 1. The van der Waals surface area contributed by atoms with Crippen LogP contribution in [0.1, 0.15) is 31.1 Å². The van der Waals surface area contributed by atoms with Gasteiger partial charge < -0.3 is 9.30 Å². The van der Waals surface area contributed by atoms with Gasteiger partial charge in [-0.3, -0.25) is 0 Å². The summed E-state index contributed by atoms with van der Waals surface area (Å²) < 4.78 is 8.94. The van der Waals surface area contributed by atoms with Gasteiger partial charge in [0.05, 0.1) is 17.1 Å². The van der Waals surface area contributed by atoms with Crippen LogP contribution in [0.25, 0.3) is 11.0 Å². The molecule has 0 aliphatic heterocycles. The average molecular weight is 358 g/mol. The topological polar surface area (TPSA) is 27.1 Å². The molecule has 3 rings (SSSR count). The van der Waals surface area contributed by atoms with E-state index in [9.17, 15) is 0 Å². The van der Waals surface area contributed by atoms with E-state index >= 15 is 0 Å². The molecule has 108 valence electrons. The standard InChI is InChI=1S/C15H18BrClN2O/c1-20-12-4-3-11(9-12)19-14-5-2-10(16)8-13(14)18-15(19)6-7-17/h2,5,8,11-12H,3-4,6-7,9H2,1H3. The van der Waals surface area contributed by atoms with Crippen molar-refractivity contribution in [2.75, 3.05) is 13.0 Å². The molecule has 0 bridgehead atoms. The Bertz CT molecular complexity index is 613. The van der Waals surface area contributed by atoms with Crippen molar-refractivity contribution < 1.29 is 4.74 Å². The number of rotatable bonds is 4. The molecular weight excluding hydrogens is 340 g/mol. The van der Waals surface area contributed by atoms with Gasteiger partial charge in [0, 0.05) is 29.9 Å². The second kappa shape index (κ2) is 6.04. The Hall–Kier alpha value is -0.580. The summed E-state index contributed by atoms with van der Waals surface area (Å²) in [5, 5.41) is 0. The Morgan fingerprint density at radius 1 is 1.45 bits per heavy atom. The maximum atomic E-state index is 5.94. The molecule has 2 atom stereocenters. The van der Waals surface area contributed by atoms with Gasteiger partial charge in [0.25, 0.3) is 0 Å². The lowest BCUT2D eigenvalue weighted by atomic mass is 10.2. The first-order chi connectivity index (χ1) is 9.72. The van der Waals surface area contributed by atoms with Crippen molar-refractivity contribution in [3.05, 3.63) is 28.5 Å². The SMILES string of the molecule is COC1CCC(n2c(CCCl)nc3cc(Br)ccc32)C1. The highest BCUT2D eigenvalue weighted by molar-refractivity contribution is 9.10. The van der Waals surface area contributed by atoms with E-state index in [1.807, 2.05) is 0 Å². The van der Waals surface area contributed by atoms with Gasteiger partial charge in [-0.05, 0) is 37.5 Å². The second-order valence-electron chi connectivity index (χ2n) is 5.29. The van der Waals surface area contributed by atoms with E-state index in [4.69, 9.17) is 21.3 Å². The van der Waals surface area contributed by atoms with Crippen molar-refractivity contribution in [3.8, 4) is 0 Å². The number of aromatic nitrogens is 2. The zero-order valence-corrected chi connectivity index (χ0v) is 13.8. The maximum absolute atomic E-state index is 5.94. The smallest absolute Gasteiger partial charge is 0.111 e. The summed E-state index contributed by atoms with van der Waals surface area (Å²) in [7, 11) is 1.80. The lowest BCUT2D eigenvalue weighted by molar-refractivity contribution is 0.106. The van der Waals surface area contributed by atoms with E-state index in [1.54, 1.807) is 7.11 Å². The van der Waals surface area contributed by atoms with E-state index < -0.39 is 0 Å². The molecule has 2 aromatic rings. The number of hydrogen-bond donors (Lipinski definition) is 0. The van der Waals surface area contributed by atoms with E-state index in [2.05, 4.69) is 38.7 Å². The van der Waals surface area contributed by atoms with E-state index in [0.717, 1.165) is 41.5 Å². The third-order valence-corrected chi connectivity index (χ3v) is 4.78. The molecule has 20 heavy (non-hydrogen) atoms. The summed E-state index contributed by atoms with van der Waals surface area (Å²) in [6, 6.07) is 6.77. The molecular formula is C15H18BrClN2O. The number of fused-ring (bicyclic) bond motifs is 1. The lowest BCUT2D eigenvalue weighted by Crippen LogP contribution is -2.12. The largest absolute Gasteiger partial charge is 0.381 e. The summed E-state index contributed by atoms with van der Waals surface area (Å²) in [6.07, 6.45) is 4.51. The molecule has 0 N–H and O–H groups in total. The van der Waals surface area contributed by atoms with Crippen LogP contribution in [0.5, 0.6) is 0 Å². The van der Waals surface area contributed by atoms with Gasteiger partial charge in [-0.2, -0.15) is 0 Å². The van der Waals surface area contributed by atoms with E-state index in [-0.39, 0.29) is 0 Å². The molecule has 0 amide bonds. The quantitative estimate of drug-likeness (QED) is 0.762. The fourth-order valence-corrected chi connectivity index (χ4v) is 3.67. The second-order valence-corrected chi connectivity index (χ2v) is 6.59. The number of halogens is 2. The van der Waals surface area contributed by atoms with Gasteiger partial charge >= 0.3 is 0 Å². The van der Waals surface area contributed by atoms with Gasteiger partial charge in [-0.1, -0.05) is 15.9 Å². The molecule has 1 aromatic carbocycles. The maximum Gasteiger partial charge on any atom is 0.111 e. The molecule has 0 saturated heterocycles. The lowest BCUT2D eigenvalue weighted by Gasteiger charge is -2.16. The van der Waals surface area contributed by atoms with Crippen LogP contribution in [0.4, 0.5) is 0 Å². The van der Waals surface area contributed by atoms with Crippen LogP contribution in [0.3, 0.4) is 0 Å². The first-order valence-corrected chi connectivity index (χ1v) is 8.30. The van der Waals surface area contributed by atoms with Gasteiger partial charge in [-0.25, -0.2) is 4.98 Å². The predicted molar refractivity (Wildman–Crippen MR) is 85.5 cm³/mol. The molecule has 1 aromatic heterocycles. The Labute approximate surface area is 132 Å². The fourth-order valence-electron chi connectivity index (χ4n) is 3.16. The zero-order valence-electron chi connectivity index (χ0n) is 11.5. The Morgan fingerprint density at radius 3 is 3.00 bits per heavy atom. The van der Waals surface area contributed by atoms with E-state index in [1.165, 1.54) is 5.52 Å². The number of alkyl halides is 1. The normalized spacial score (nSPS) is 22.8. The highest BCUT2D eigenvalue weighted by Crippen LogP contribution is 2.35. The molecule has 5 heteroatoms. The Balaban J connectivity index is 2.05. The molecule has 2 unspecified atom stereocenters. The van der Waals surface area contributed by atoms with Crippen LogP contribution < -0.4 is 0 Å². The van der Waals surface area contributed by atoms with Crippen molar-refractivity contribution >= 4 is 38.6 Å². The number of hydrogen-bond acceptors (Lipinski definition) is 2. The van der Waals surface area contributed by atoms with Crippen molar-refractivity contribution in [1.29, 1.82) is 0 Å². The molecule has 1 heterocycles. The first kappa shape index (κ1) is 14.4. The van der Waals surface area contributed by atoms with Gasteiger partial charge in [0.1, 0.15) is 5.82 Å². The van der Waals surface area contributed by atoms with Crippen LogP contribution in [0.15, 0.2) is 22.7 Å². The van der Waals surface area contributed by atoms with Crippen molar-refractivity contribution in [2.24, 2.45) is 0 Å². The van der Waals surface area contributed by atoms with Gasteiger partial charge in [0.2, 0.25) is 0 Å². The predicted octanol–water partition coefficient (Wildman–Crippen LogP) is 4.32. The van der Waals surface area contributed by atoms with Crippen molar-refractivity contribution in [1.82, 2.24) is 9.55 Å². The highest BCUT2D eigenvalue weighted by Gasteiger charge is 2.28. The number of ether oxygens (including phenoxy) is 1. The third kappa shape index (κ3) is 2.61. The summed E-state index contributed by atoms with van der Waals surface area (Å²) >= 11 is 9.46. The highest BCUT2D eigenvalue weighted by atomic mass is 79.9. The average Bonchev–Trinajstić information content (AvgIpc) is 3.02. The monoisotopic (exact) mass is 356 g/mol. The minimum Gasteiger partial charge on any atom is -0.381 e. The summed E-state index contributed by atoms with van der Waals surface area (Å²) in [4.78, 5) is 4.77.